The quantitative estimate of drug-likeness (QED) is 0.242. The minimum absolute atomic E-state index is 0.573. The highest BCUT2D eigenvalue weighted by Crippen LogP contribution is 2.37. The molecule has 0 amide bonds. The van der Waals surface area contributed by atoms with E-state index in [1.54, 1.807) is 0 Å². The summed E-state index contributed by atoms with van der Waals surface area (Å²) in [5, 5.41) is 76.0. The molecule has 23 heavy (non-hydrogen) atoms. The molecule has 136 valence electrons. The smallest absolute Gasteiger partial charge is 0.183 e. The summed E-state index contributed by atoms with van der Waals surface area (Å²) < 4.78 is 10.3. The highest BCUT2D eigenvalue weighted by molar-refractivity contribution is 8.00. The highest BCUT2D eigenvalue weighted by Gasteiger charge is 2.49. The van der Waals surface area contributed by atoms with E-state index in [0.717, 1.165) is 11.8 Å². The third kappa shape index (κ3) is 3.80. The lowest BCUT2D eigenvalue weighted by Gasteiger charge is -2.44. The Labute approximate surface area is 135 Å². The number of rotatable bonds is 4. The van der Waals surface area contributed by atoms with Crippen LogP contribution in [0.1, 0.15) is 0 Å². The molecule has 6 unspecified atom stereocenters. The average molecular weight is 358 g/mol. The maximum absolute atomic E-state index is 10.0. The number of ether oxygens (including phenoxy) is 2. The van der Waals surface area contributed by atoms with Crippen LogP contribution >= 0.6 is 11.8 Å². The van der Waals surface area contributed by atoms with Gasteiger partial charge in [0.15, 0.2) is 6.29 Å². The molecule has 8 N–H and O–H groups in total. The van der Waals surface area contributed by atoms with Gasteiger partial charge in [-0.3, -0.25) is 0 Å². The lowest BCUT2D eigenvalue weighted by Crippen LogP contribution is -2.61. The van der Waals surface area contributed by atoms with Gasteiger partial charge < -0.3 is 50.3 Å². The summed E-state index contributed by atoms with van der Waals surface area (Å²) in [4.78, 5) is 0. The Hall–Kier alpha value is -0.0500. The second-order valence-corrected chi connectivity index (χ2v) is 6.81. The molecule has 0 aromatic carbocycles. The molecule has 10 atom stereocenters. The number of aliphatic hydroxyl groups is 8. The summed E-state index contributed by atoms with van der Waals surface area (Å²) in [7, 11) is 0. The minimum atomic E-state index is -1.67. The monoisotopic (exact) mass is 358 g/mol. The Balaban J connectivity index is 2.11. The van der Waals surface area contributed by atoms with Crippen LogP contribution in [0.2, 0.25) is 0 Å². The summed E-state index contributed by atoms with van der Waals surface area (Å²) in [5.74, 6) is 0. The average Bonchev–Trinajstić information content (AvgIpc) is 2.55. The molecule has 0 bridgehead atoms. The van der Waals surface area contributed by atoms with Crippen LogP contribution in [-0.2, 0) is 9.47 Å². The summed E-state index contributed by atoms with van der Waals surface area (Å²) >= 11 is 0.761. The van der Waals surface area contributed by atoms with Gasteiger partial charge in [-0.05, 0) is 0 Å². The molecule has 2 saturated heterocycles. The van der Waals surface area contributed by atoms with Crippen molar-refractivity contribution >= 4 is 11.8 Å². The third-order valence-corrected chi connectivity index (χ3v) is 5.53. The largest absolute Gasteiger partial charge is 0.394 e. The van der Waals surface area contributed by atoms with E-state index in [1.807, 2.05) is 0 Å². The Morgan fingerprint density at radius 2 is 1.26 bits per heavy atom. The Morgan fingerprint density at radius 3 is 1.83 bits per heavy atom. The second kappa shape index (κ2) is 7.89. The fourth-order valence-electron chi connectivity index (χ4n) is 2.57. The molecule has 2 fully saturated rings. The van der Waals surface area contributed by atoms with Gasteiger partial charge in [-0.25, -0.2) is 0 Å². The molecule has 2 aliphatic heterocycles. The second-order valence-electron chi connectivity index (χ2n) is 5.53. The first-order chi connectivity index (χ1) is 10.8. The molecule has 0 aliphatic carbocycles. The molecule has 0 aromatic heterocycles. The summed E-state index contributed by atoms with van der Waals surface area (Å²) in [6.07, 6.45) is -11.6. The van der Waals surface area contributed by atoms with Gasteiger partial charge in [0.1, 0.15) is 36.0 Å². The summed E-state index contributed by atoms with van der Waals surface area (Å²) in [6, 6.07) is 0. The van der Waals surface area contributed by atoms with Gasteiger partial charge in [0.25, 0.3) is 0 Å². The Kier molecular flexibility index (Phi) is 6.61. The maximum atomic E-state index is 10.0. The maximum Gasteiger partial charge on any atom is 0.183 e. The van der Waals surface area contributed by atoms with Crippen LogP contribution in [0, 0.1) is 0 Å². The number of hydrogen-bond acceptors (Lipinski definition) is 11. The van der Waals surface area contributed by atoms with Crippen LogP contribution in [0.4, 0.5) is 0 Å². The van der Waals surface area contributed by atoms with Crippen molar-refractivity contribution in [2.75, 3.05) is 13.2 Å². The third-order valence-electron chi connectivity index (χ3n) is 3.98. The molecule has 11 heteroatoms. The zero-order valence-corrected chi connectivity index (χ0v) is 12.8. The highest BCUT2D eigenvalue weighted by atomic mass is 32.2. The van der Waals surface area contributed by atoms with Crippen molar-refractivity contribution in [2.24, 2.45) is 0 Å². The molecule has 0 aromatic rings. The van der Waals surface area contributed by atoms with Gasteiger partial charge >= 0.3 is 0 Å². The molecular formula is C12H22O10S. The summed E-state index contributed by atoms with van der Waals surface area (Å²) in [6.45, 7) is -1.17. The molecular weight excluding hydrogens is 336 g/mol. The van der Waals surface area contributed by atoms with E-state index in [4.69, 9.17) is 14.6 Å². The molecule has 2 heterocycles. The van der Waals surface area contributed by atoms with E-state index < -0.39 is 72.9 Å². The van der Waals surface area contributed by atoms with Crippen LogP contribution in [0.15, 0.2) is 0 Å². The molecule has 10 nitrogen and oxygen atoms in total. The van der Waals surface area contributed by atoms with E-state index in [1.165, 1.54) is 0 Å². The number of hydrogen-bond donors (Lipinski definition) is 8. The van der Waals surface area contributed by atoms with E-state index in [2.05, 4.69) is 0 Å². The van der Waals surface area contributed by atoms with Crippen molar-refractivity contribution < 1.29 is 50.3 Å². The SMILES string of the molecule is OCC1O[C@@H](S[C@@H]2C(CO)O[C@@H](O)C(O)C2O)C(O)C(O)[C@H]1O. The topological polar surface area (TPSA) is 180 Å². The van der Waals surface area contributed by atoms with Gasteiger partial charge in [0.05, 0.1) is 30.7 Å². The van der Waals surface area contributed by atoms with Gasteiger partial charge in [-0.1, -0.05) is 0 Å². The van der Waals surface area contributed by atoms with Gasteiger partial charge in [0.2, 0.25) is 0 Å². The van der Waals surface area contributed by atoms with Crippen molar-refractivity contribution in [3.05, 3.63) is 0 Å². The van der Waals surface area contributed by atoms with Crippen molar-refractivity contribution in [3.63, 3.8) is 0 Å². The predicted molar refractivity (Wildman–Crippen MR) is 75.1 cm³/mol. The van der Waals surface area contributed by atoms with Crippen LogP contribution in [0.5, 0.6) is 0 Å². The van der Waals surface area contributed by atoms with Crippen LogP contribution in [0.25, 0.3) is 0 Å². The van der Waals surface area contributed by atoms with Crippen molar-refractivity contribution in [2.45, 2.75) is 59.7 Å². The van der Waals surface area contributed by atoms with Gasteiger partial charge in [-0.2, -0.15) is 0 Å². The zero-order valence-electron chi connectivity index (χ0n) is 12.0. The molecule has 2 rings (SSSR count). The zero-order chi connectivity index (χ0) is 17.3. The van der Waals surface area contributed by atoms with Gasteiger partial charge in [0, 0.05) is 0 Å². The first kappa shape index (κ1) is 19.3. The molecule has 2 aliphatic rings. The van der Waals surface area contributed by atoms with E-state index in [0.29, 0.717) is 0 Å². The first-order valence-electron chi connectivity index (χ1n) is 7.08. The molecule has 0 spiro atoms. The van der Waals surface area contributed by atoms with Crippen LogP contribution < -0.4 is 0 Å². The molecule has 0 radical (unpaired) electrons. The lowest BCUT2D eigenvalue weighted by atomic mass is 10.0. The van der Waals surface area contributed by atoms with Crippen LogP contribution in [0.3, 0.4) is 0 Å². The van der Waals surface area contributed by atoms with Crippen molar-refractivity contribution in [1.82, 2.24) is 0 Å². The molecule has 0 saturated carbocycles. The predicted octanol–water partition coefficient (Wildman–Crippen LogP) is -4.68. The number of aliphatic hydroxyl groups excluding tert-OH is 8. The van der Waals surface area contributed by atoms with E-state index in [-0.39, 0.29) is 0 Å². The summed E-state index contributed by atoms with van der Waals surface area (Å²) in [5.41, 5.74) is -1.16. The van der Waals surface area contributed by atoms with E-state index >= 15 is 0 Å². The fraction of sp³-hybridized carbons (Fsp3) is 1.00. The van der Waals surface area contributed by atoms with Crippen molar-refractivity contribution in [3.8, 4) is 0 Å². The Morgan fingerprint density at radius 1 is 0.652 bits per heavy atom. The first-order valence-corrected chi connectivity index (χ1v) is 8.02. The standard InChI is InChI=1S/C12H22O10S/c13-1-3-5(15)6(16)9(19)12(22-3)23-10-4(2-14)21-11(20)8(18)7(10)17/h3-20H,1-2H2/t3?,4?,5-,6?,7?,8?,9?,10+,11+,12-/m0/s1. The van der Waals surface area contributed by atoms with Crippen molar-refractivity contribution in [1.29, 1.82) is 0 Å². The normalized spacial score (nSPS) is 51.7. The van der Waals surface area contributed by atoms with Crippen LogP contribution in [-0.4, -0.2) is 114 Å². The van der Waals surface area contributed by atoms with E-state index in [9.17, 15) is 35.7 Å². The number of thioether (sulfide) groups is 1. The fourth-order valence-corrected chi connectivity index (χ4v) is 4.06. The Bertz CT molecular complexity index is 383. The lowest BCUT2D eigenvalue weighted by molar-refractivity contribution is -0.249. The minimum Gasteiger partial charge on any atom is -0.394 e. The van der Waals surface area contributed by atoms with Gasteiger partial charge in [-0.15, -0.1) is 11.8 Å².